The Hall–Kier alpha value is -2.20. The third-order valence-electron chi connectivity index (χ3n) is 3.60. The SMILES string of the molecule is O=C(Nc1ccc(Cl)c(Cl)c1)c1cc(Cl)ccc1OCc1ccccc1. The summed E-state index contributed by atoms with van der Waals surface area (Å²) in [5, 5.41) is 3.99. The molecule has 1 amide bonds. The molecular weight excluding hydrogens is 393 g/mol. The Morgan fingerprint density at radius 3 is 2.38 bits per heavy atom. The van der Waals surface area contributed by atoms with Crippen molar-refractivity contribution < 1.29 is 9.53 Å². The minimum absolute atomic E-state index is 0.333. The standard InChI is InChI=1S/C20H14Cl3NO2/c21-14-6-9-19(26-12-13-4-2-1-3-5-13)16(10-14)20(25)24-15-7-8-17(22)18(23)11-15/h1-11H,12H2,(H,24,25). The molecule has 0 fully saturated rings. The molecule has 6 heteroatoms. The van der Waals surface area contributed by atoms with Crippen LogP contribution in [-0.2, 0) is 6.61 Å². The molecule has 3 aromatic rings. The Kier molecular flexibility index (Phi) is 6.04. The van der Waals surface area contributed by atoms with Gasteiger partial charge in [-0.05, 0) is 42.0 Å². The van der Waals surface area contributed by atoms with E-state index in [0.717, 1.165) is 5.56 Å². The number of benzene rings is 3. The second-order valence-electron chi connectivity index (χ2n) is 5.50. The van der Waals surface area contributed by atoms with Gasteiger partial charge in [0.25, 0.3) is 5.91 Å². The van der Waals surface area contributed by atoms with Gasteiger partial charge in [0.05, 0.1) is 15.6 Å². The fourth-order valence-corrected chi connectivity index (χ4v) is 2.78. The van der Waals surface area contributed by atoms with Gasteiger partial charge in [-0.15, -0.1) is 0 Å². The van der Waals surface area contributed by atoms with Crippen molar-refractivity contribution in [3.8, 4) is 5.75 Å². The molecule has 3 nitrogen and oxygen atoms in total. The van der Waals surface area contributed by atoms with Crippen molar-refractivity contribution in [1.82, 2.24) is 0 Å². The number of hydrogen-bond acceptors (Lipinski definition) is 2. The maximum absolute atomic E-state index is 12.7. The number of anilines is 1. The van der Waals surface area contributed by atoms with Crippen LogP contribution in [0, 0.1) is 0 Å². The lowest BCUT2D eigenvalue weighted by Crippen LogP contribution is -2.13. The minimum atomic E-state index is -0.353. The van der Waals surface area contributed by atoms with E-state index in [4.69, 9.17) is 39.5 Å². The average molecular weight is 407 g/mol. The summed E-state index contributed by atoms with van der Waals surface area (Å²) in [7, 11) is 0. The smallest absolute Gasteiger partial charge is 0.259 e. The van der Waals surface area contributed by atoms with Crippen LogP contribution in [0.3, 0.4) is 0 Å². The molecule has 0 radical (unpaired) electrons. The van der Waals surface area contributed by atoms with Crippen molar-refractivity contribution in [3.63, 3.8) is 0 Å². The lowest BCUT2D eigenvalue weighted by atomic mass is 10.1. The summed E-state index contributed by atoms with van der Waals surface area (Å²) < 4.78 is 5.81. The maximum Gasteiger partial charge on any atom is 0.259 e. The first-order valence-corrected chi connectivity index (χ1v) is 8.89. The van der Waals surface area contributed by atoms with E-state index >= 15 is 0 Å². The molecule has 3 aromatic carbocycles. The van der Waals surface area contributed by atoms with Gasteiger partial charge in [0.15, 0.2) is 0 Å². The Balaban J connectivity index is 1.80. The van der Waals surface area contributed by atoms with Gasteiger partial charge in [-0.2, -0.15) is 0 Å². The maximum atomic E-state index is 12.7. The van der Waals surface area contributed by atoms with Gasteiger partial charge in [0.1, 0.15) is 12.4 Å². The zero-order valence-corrected chi connectivity index (χ0v) is 15.8. The average Bonchev–Trinajstić information content (AvgIpc) is 2.64. The van der Waals surface area contributed by atoms with Crippen LogP contribution in [0.25, 0.3) is 0 Å². The Morgan fingerprint density at radius 1 is 0.885 bits per heavy atom. The molecule has 0 unspecified atom stereocenters. The monoisotopic (exact) mass is 405 g/mol. The van der Waals surface area contributed by atoms with Crippen molar-refractivity contribution in [2.24, 2.45) is 0 Å². The lowest BCUT2D eigenvalue weighted by Gasteiger charge is -2.13. The quantitative estimate of drug-likeness (QED) is 0.526. The molecule has 0 spiro atoms. The predicted octanol–water partition coefficient (Wildman–Crippen LogP) is 6.48. The van der Waals surface area contributed by atoms with E-state index in [1.807, 2.05) is 30.3 Å². The number of rotatable bonds is 5. The molecule has 0 atom stereocenters. The number of carbonyl (C=O) groups is 1. The molecule has 132 valence electrons. The van der Waals surface area contributed by atoms with Gasteiger partial charge >= 0.3 is 0 Å². The summed E-state index contributed by atoms with van der Waals surface area (Å²) in [6, 6.07) is 19.5. The van der Waals surface area contributed by atoms with Crippen LogP contribution in [0.2, 0.25) is 15.1 Å². The summed E-state index contributed by atoms with van der Waals surface area (Å²) in [6.45, 7) is 0.343. The van der Waals surface area contributed by atoms with Crippen LogP contribution in [0.4, 0.5) is 5.69 Å². The molecule has 0 heterocycles. The molecule has 0 aromatic heterocycles. The fourth-order valence-electron chi connectivity index (χ4n) is 2.31. The Morgan fingerprint density at radius 2 is 1.65 bits per heavy atom. The van der Waals surface area contributed by atoms with E-state index in [-0.39, 0.29) is 5.91 Å². The predicted molar refractivity (Wildman–Crippen MR) is 107 cm³/mol. The van der Waals surface area contributed by atoms with Crippen LogP contribution < -0.4 is 10.1 Å². The molecule has 0 bridgehead atoms. The molecule has 1 N–H and O–H groups in total. The first kappa shape index (κ1) is 18.6. The highest BCUT2D eigenvalue weighted by molar-refractivity contribution is 6.42. The van der Waals surface area contributed by atoms with E-state index in [1.54, 1.807) is 36.4 Å². The third-order valence-corrected chi connectivity index (χ3v) is 4.57. The van der Waals surface area contributed by atoms with Gasteiger partial charge in [0.2, 0.25) is 0 Å². The summed E-state index contributed by atoms with van der Waals surface area (Å²) in [4.78, 5) is 12.7. The summed E-state index contributed by atoms with van der Waals surface area (Å²) in [6.07, 6.45) is 0. The van der Waals surface area contributed by atoms with Gasteiger partial charge in [-0.3, -0.25) is 4.79 Å². The highest BCUT2D eigenvalue weighted by atomic mass is 35.5. The van der Waals surface area contributed by atoms with Crippen LogP contribution in [0.1, 0.15) is 15.9 Å². The number of amides is 1. The van der Waals surface area contributed by atoms with Crippen molar-refractivity contribution >= 4 is 46.4 Å². The largest absolute Gasteiger partial charge is 0.488 e. The molecule has 26 heavy (non-hydrogen) atoms. The Labute approximate surface area is 166 Å². The second-order valence-corrected chi connectivity index (χ2v) is 6.75. The number of halogens is 3. The van der Waals surface area contributed by atoms with Gasteiger partial charge < -0.3 is 10.1 Å². The van der Waals surface area contributed by atoms with Crippen molar-refractivity contribution in [1.29, 1.82) is 0 Å². The number of nitrogens with one attached hydrogen (secondary N) is 1. The van der Waals surface area contributed by atoms with E-state index in [0.29, 0.717) is 38.7 Å². The number of hydrogen-bond donors (Lipinski definition) is 1. The summed E-state index contributed by atoms with van der Waals surface area (Å²) in [5.41, 5.74) is 1.86. The molecule has 0 saturated heterocycles. The number of ether oxygens (including phenoxy) is 1. The second kappa shape index (κ2) is 8.45. The molecular formula is C20H14Cl3NO2. The van der Waals surface area contributed by atoms with E-state index in [1.165, 1.54) is 0 Å². The first-order chi connectivity index (χ1) is 12.5. The van der Waals surface area contributed by atoms with E-state index in [9.17, 15) is 4.79 Å². The van der Waals surface area contributed by atoms with Crippen LogP contribution in [-0.4, -0.2) is 5.91 Å². The zero-order valence-electron chi connectivity index (χ0n) is 13.5. The van der Waals surface area contributed by atoms with Crippen molar-refractivity contribution in [2.45, 2.75) is 6.61 Å². The highest BCUT2D eigenvalue weighted by Crippen LogP contribution is 2.28. The van der Waals surface area contributed by atoms with Gasteiger partial charge in [-0.25, -0.2) is 0 Å². The topological polar surface area (TPSA) is 38.3 Å². The first-order valence-electron chi connectivity index (χ1n) is 7.75. The highest BCUT2D eigenvalue weighted by Gasteiger charge is 2.14. The van der Waals surface area contributed by atoms with Crippen LogP contribution >= 0.6 is 34.8 Å². The summed E-state index contributed by atoms with van der Waals surface area (Å²) >= 11 is 17.9. The lowest BCUT2D eigenvalue weighted by molar-refractivity contribution is 0.102. The fraction of sp³-hybridized carbons (Fsp3) is 0.0500. The normalized spacial score (nSPS) is 10.4. The molecule has 0 aliphatic heterocycles. The van der Waals surface area contributed by atoms with Crippen LogP contribution in [0.15, 0.2) is 66.7 Å². The van der Waals surface area contributed by atoms with Gasteiger partial charge in [-0.1, -0.05) is 65.1 Å². The molecule has 0 saturated carbocycles. The van der Waals surface area contributed by atoms with Crippen LogP contribution in [0.5, 0.6) is 5.75 Å². The Bertz CT molecular complexity index is 930. The molecule has 0 aliphatic carbocycles. The summed E-state index contributed by atoms with van der Waals surface area (Å²) in [5.74, 6) is 0.0877. The number of carbonyl (C=O) groups excluding carboxylic acids is 1. The van der Waals surface area contributed by atoms with Gasteiger partial charge in [0, 0.05) is 10.7 Å². The van der Waals surface area contributed by atoms with E-state index in [2.05, 4.69) is 5.32 Å². The van der Waals surface area contributed by atoms with E-state index < -0.39 is 0 Å². The molecule has 0 aliphatic rings. The third kappa shape index (κ3) is 4.70. The van der Waals surface area contributed by atoms with Crippen molar-refractivity contribution in [2.75, 3.05) is 5.32 Å². The zero-order chi connectivity index (χ0) is 18.5. The minimum Gasteiger partial charge on any atom is -0.488 e. The molecule has 3 rings (SSSR count). The van der Waals surface area contributed by atoms with Crippen molar-refractivity contribution in [3.05, 3.63) is 92.9 Å².